The summed E-state index contributed by atoms with van der Waals surface area (Å²) in [7, 11) is 0. The molecule has 3 rings (SSSR count). The monoisotopic (exact) mass is 369 g/mol. The molecule has 1 N–H and O–H groups in total. The highest BCUT2D eigenvalue weighted by atomic mass is 19.1. The van der Waals surface area contributed by atoms with Crippen LogP contribution in [0.2, 0.25) is 0 Å². The van der Waals surface area contributed by atoms with Crippen LogP contribution >= 0.6 is 0 Å². The van der Waals surface area contributed by atoms with E-state index in [9.17, 15) is 9.18 Å². The van der Waals surface area contributed by atoms with Crippen LogP contribution < -0.4 is 10.2 Å². The summed E-state index contributed by atoms with van der Waals surface area (Å²) in [6, 6.07) is 12.0. The molecule has 144 valence electrons. The van der Waals surface area contributed by atoms with Crippen LogP contribution in [0.25, 0.3) is 0 Å². The Morgan fingerprint density at radius 2 is 2.00 bits per heavy atom. The maximum Gasteiger partial charge on any atom is 0.226 e. The molecule has 1 atom stereocenters. The Morgan fingerprint density at radius 3 is 2.67 bits per heavy atom. The van der Waals surface area contributed by atoms with Crippen LogP contribution in [0, 0.1) is 11.2 Å². The Labute approximate surface area is 160 Å². The standard InChI is InChI=1S/C22H28FN3O/c1-15-10-11-18-19(26(15)14-16-8-6-5-7-9-16)12-17(23)21(24-18)25-20(27)13-22(2,3)4/h5-9,12,15H,10-11,13-14H2,1-4H3,(H,24,25,27)/t15-/m1/s1. The van der Waals surface area contributed by atoms with Crippen LogP contribution in [0.1, 0.15) is 51.8 Å². The first-order valence-corrected chi connectivity index (χ1v) is 9.53. The van der Waals surface area contributed by atoms with Gasteiger partial charge in [0.15, 0.2) is 11.6 Å². The SMILES string of the molecule is C[C@@H]1CCc2nc(NC(=O)CC(C)(C)C)c(F)cc2N1Cc1ccccc1. The van der Waals surface area contributed by atoms with Crippen molar-refractivity contribution in [3.05, 3.63) is 53.5 Å². The highest BCUT2D eigenvalue weighted by Crippen LogP contribution is 2.33. The van der Waals surface area contributed by atoms with Crippen LogP contribution in [0.5, 0.6) is 0 Å². The molecule has 1 aliphatic rings. The van der Waals surface area contributed by atoms with Crippen LogP contribution in [-0.2, 0) is 17.8 Å². The van der Waals surface area contributed by atoms with Crippen LogP contribution in [0.15, 0.2) is 36.4 Å². The van der Waals surface area contributed by atoms with Crippen molar-refractivity contribution in [2.24, 2.45) is 5.41 Å². The molecule has 0 saturated heterocycles. The Hall–Kier alpha value is -2.43. The second kappa shape index (κ2) is 7.67. The zero-order chi connectivity index (χ0) is 19.6. The first-order valence-electron chi connectivity index (χ1n) is 9.53. The normalized spacial score (nSPS) is 16.8. The predicted molar refractivity (Wildman–Crippen MR) is 107 cm³/mol. The van der Waals surface area contributed by atoms with Gasteiger partial charge >= 0.3 is 0 Å². The van der Waals surface area contributed by atoms with Crippen molar-refractivity contribution in [1.82, 2.24) is 4.98 Å². The molecule has 0 fully saturated rings. The Morgan fingerprint density at radius 1 is 1.30 bits per heavy atom. The van der Waals surface area contributed by atoms with Gasteiger partial charge in [0.05, 0.1) is 11.4 Å². The van der Waals surface area contributed by atoms with Crippen molar-refractivity contribution in [3.8, 4) is 0 Å². The summed E-state index contributed by atoms with van der Waals surface area (Å²) in [5, 5.41) is 2.65. The number of nitrogens with zero attached hydrogens (tertiary/aromatic N) is 2. The molecule has 2 aromatic rings. The smallest absolute Gasteiger partial charge is 0.226 e. The maximum atomic E-state index is 14.7. The van der Waals surface area contributed by atoms with Gasteiger partial charge in [-0.05, 0) is 30.7 Å². The Kier molecular flexibility index (Phi) is 5.49. The number of anilines is 2. The van der Waals surface area contributed by atoms with Gasteiger partial charge in [-0.15, -0.1) is 0 Å². The van der Waals surface area contributed by atoms with E-state index in [-0.39, 0.29) is 17.1 Å². The van der Waals surface area contributed by atoms with Crippen molar-refractivity contribution in [3.63, 3.8) is 0 Å². The highest BCUT2D eigenvalue weighted by molar-refractivity contribution is 5.90. The third-order valence-corrected chi connectivity index (χ3v) is 4.82. The lowest BCUT2D eigenvalue weighted by Crippen LogP contribution is -2.37. The number of rotatable bonds is 4. The summed E-state index contributed by atoms with van der Waals surface area (Å²) in [6.07, 6.45) is 2.06. The number of pyridine rings is 1. The number of halogens is 1. The molecule has 0 saturated carbocycles. The third-order valence-electron chi connectivity index (χ3n) is 4.82. The van der Waals surface area contributed by atoms with Gasteiger partial charge in [0.25, 0.3) is 0 Å². The number of hydrogen-bond donors (Lipinski definition) is 1. The fourth-order valence-electron chi connectivity index (χ4n) is 3.46. The summed E-state index contributed by atoms with van der Waals surface area (Å²) in [5.74, 6) is -0.653. The zero-order valence-corrected chi connectivity index (χ0v) is 16.6. The van der Waals surface area contributed by atoms with Crippen molar-refractivity contribution < 1.29 is 9.18 Å². The van der Waals surface area contributed by atoms with Gasteiger partial charge in [-0.25, -0.2) is 9.37 Å². The lowest BCUT2D eigenvalue weighted by molar-refractivity contribution is -0.117. The largest absolute Gasteiger partial charge is 0.363 e. The molecule has 1 amide bonds. The Bertz CT molecular complexity index is 814. The predicted octanol–water partition coefficient (Wildman–Crippen LogP) is 4.94. The van der Waals surface area contributed by atoms with E-state index < -0.39 is 5.82 Å². The van der Waals surface area contributed by atoms with E-state index in [0.29, 0.717) is 19.0 Å². The number of amides is 1. The van der Waals surface area contributed by atoms with E-state index >= 15 is 0 Å². The van der Waals surface area contributed by atoms with Crippen LogP contribution in [-0.4, -0.2) is 16.9 Å². The summed E-state index contributed by atoms with van der Waals surface area (Å²) in [4.78, 5) is 18.8. The zero-order valence-electron chi connectivity index (χ0n) is 16.6. The topological polar surface area (TPSA) is 45.2 Å². The van der Waals surface area contributed by atoms with Gasteiger partial charge in [0, 0.05) is 25.1 Å². The number of hydrogen-bond acceptors (Lipinski definition) is 3. The summed E-state index contributed by atoms with van der Waals surface area (Å²) in [6.45, 7) is 8.80. The maximum absolute atomic E-state index is 14.7. The van der Waals surface area contributed by atoms with Crippen molar-refractivity contribution >= 4 is 17.4 Å². The summed E-state index contributed by atoms with van der Waals surface area (Å²) < 4.78 is 14.7. The van der Waals surface area contributed by atoms with Crippen LogP contribution in [0.3, 0.4) is 0 Å². The van der Waals surface area contributed by atoms with E-state index in [1.807, 2.05) is 39.0 Å². The van der Waals surface area contributed by atoms with E-state index in [1.54, 1.807) is 0 Å². The molecule has 0 aliphatic carbocycles. The van der Waals surface area contributed by atoms with Gasteiger partial charge in [-0.1, -0.05) is 51.1 Å². The number of carbonyl (C=O) groups excluding carboxylic acids is 1. The van der Waals surface area contributed by atoms with E-state index in [4.69, 9.17) is 0 Å². The molecule has 0 unspecified atom stereocenters. The molecule has 5 heteroatoms. The van der Waals surface area contributed by atoms with Crippen molar-refractivity contribution in [1.29, 1.82) is 0 Å². The van der Waals surface area contributed by atoms with Gasteiger partial charge in [0.2, 0.25) is 5.91 Å². The number of nitrogens with one attached hydrogen (secondary N) is 1. The van der Waals surface area contributed by atoms with Crippen LogP contribution in [0.4, 0.5) is 15.9 Å². The number of fused-ring (bicyclic) bond motifs is 1. The molecule has 1 aromatic heterocycles. The minimum Gasteiger partial charge on any atom is -0.363 e. The first-order chi connectivity index (χ1) is 12.7. The quantitative estimate of drug-likeness (QED) is 0.830. The van der Waals surface area contributed by atoms with Gasteiger partial charge in [-0.2, -0.15) is 0 Å². The minimum atomic E-state index is -0.483. The third kappa shape index (κ3) is 4.85. The summed E-state index contributed by atoms with van der Waals surface area (Å²) in [5.41, 5.74) is 2.69. The molecular weight excluding hydrogens is 341 g/mol. The van der Waals surface area contributed by atoms with Crippen molar-refractivity contribution in [2.45, 2.75) is 59.5 Å². The lowest BCUT2D eigenvalue weighted by Gasteiger charge is -2.37. The first kappa shape index (κ1) is 19.3. The second-order valence-electron chi connectivity index (χ2n) is 8.57. The summed E-state index contributed by atoms with van der Waals surface area (Å²) >= 11 is 0. The molecule has 0 bridgehead atoms. The minimum absolute atomic E-state index is 0.0391. The average molecular weight is 369 g/mol. The fourth-order valence-corrected chi connectivity index (χ4v) is 3.46. The Balaban J connectivity index is 1.84. The van der Waals surface area contributed by atoms with Crippen molar-refractivity contribution in [2.75, 3.05) is 10.2 Å². The molecular formula is C22H28FN3O. The van der Waals surface area contributed by atoms with E-state index in [1.165, 1.54) is 11.6 Å². The average Bonchev–Trinajstić information content (AvgIpc) is 2.58. The van der Waals surface area contributed by atoms with Gasteiger partial charge in [0.1, 0.15) is 0 Å². The van der Waals surface area contributed by atoms with Gasteiger partial charge in [-0.3, -0.25) is 4.79 Å². The number of aryl methyl sites for hydroxylation is 1. The molecule has 1 aromatic carbocycles. The van der Waals surface area contributed by atoms with E-state index in [2.05, 4.69) is 34.3 Å². The fraction of sp³-hybridized carbons (Fsp3) is 0.455. The van der Waals surface area contributed by atoms with E-state index in [0.717, 1.165) is 24.2 Å². The molecule has 1 aliphatic heterocycles. The highest BCUT2D eigenvalue weighted by Gasteiger charge is 2.27. The molecule has 2 heterocycles. The lowest BCUT2D eigenvalue weighted by atomic mass is 9.92. The molecule has 4 nitrogen and oxygen atoms in total. The molecule has 27 heavy (non-hydrogen) atoms. The number of benzene rings is 1. The molecule has 0 radical (unpaired) electrons. The number of carbonyl (C=O) groups is 1. The second-order valence-corrected chi connectivity index (χ2v) is 8.57. The number of aromatic nitrogens is 1. The van der Waals surface area contributed by atoms with Gasteiger partial charge < -0.3 is 10.2 Å². The molecule has 0 spiro atoms.